The summed E-state index contributed by atoms with van der Waals surface area (Å²) in [5, 5.41) is 3.58. The third kappa shape index (κ3) is 3.58. The van der Waals surface area contributed by atoms with Gasteiger partial charge in [-0.2, -0.15) is 0 Å². The van der Waals surface area contributed by atoms with Crippen molar-refractivity contribution in [2.45, 2.75) is 11.1 Å². The topological polar surface area (TPSA) is 85.1 Å². The van der Waals surface area contributed by atoms with Gasteiger partial charge in [0.05, 0.1) is 20.5 Å². The van der Waals surface area contributed by atoms with Gasteiger partial charge >= 0.3 is 0 Å². The van der Waals surface area contributed by atoms with Gasteiger partial charge in [-0.15, -0.1) is 23.1 Å². The van der Waals surface area contributed by atoms with Crippen LogP contribution in [0.2, 0.25) is 0 Å². The van der Waals surface area contributed by atoms with Crippen molar-refractivity contribution in [3.8, 4) is 0 Å². The fourth-order valence-electron chi connectivity index (χ4n) is 2.00. The molecule has 2 aromatic heterocycles. The van der Waals surface area contributed by atoms with E-state index in [1.807, 2.05) is 0 Å². The van der Waals surface area contributed by atoms with Crippen molar-refractivity contribution in [3.05, 3.63) is 40.7 Å². The standard InChI is InChI=1S/C15H12FN3O2S3/c1-7-14(22-6-12(17)20)24-15(18-7)19-13(21)11-5-8-9(16)3-2-4-10(8)23-11/h2-5H,6H2,1H3,(H2,17,20)(H,18,19,21). The van der Waals surface area contributed by atoms with Crippen molar-refractivity contribution in [2.24, 2.45) is 5.73 Å². The molecule has 0 aliphatic heterocycles. The molecule has 3 aromatic rings. The summed E-state index contributed by atoms with van der Waals surface area (Å²) < 4.78 is 15.3. The van der Waals surface area contributed by atoms with Crippen LogP contribution in [0.4, 0.5) is 9.52 Å². The highest BCUT2D eigenvalue weighted by Crippen LogP contribution is 2.33. The largest absolute Gasteiger partial charge is 0.369 e. The number of fused-ring (bicyclic) bond motifs is 1. The molecule has 0 saturated carbocycles. The summed E-state index contributed by atoms with van der Waals surface area (Å²) in [7, 11) is 0. The lowest BCUT2D eigenvalue weighted by molar-refractivity contribution is -0.115. The van der Waals surface area contributed by atoms with E-state index in [4.69, 9.17) is 5.73 Å². The number of hydrogen-bond donors (Lipinski definition) is 2. The number of benzene rings is 1. The zero-order valence-corrected chi connectivity index (χ0v) is 14.9. The lowest BCUT2D eigenvalue weighted by Gasteiger charge is -1.97. The molecule has 0 spiro atoms. The monoisotopic (exact) mass is 381 g/mol. The Morgan fingerprint density at radius 2 is 2.17 bits per heavy atom. The zero-order valence-electron chi connectivity index (χ0n) is 12.5. The molecule has 1 aromatic carbocycles. The Morgan fingerprint density at radius 3 is 2.88 bits per heavy atom. The summed E-state index contributed by atoms with van der Waals surface area (Å²) in [4.78, 5) is 27.9. The van der Waals surface area contributed by atoms with E-state index in [2.05, 4.69) is 10.3 Å². The number of carbonyl (C=O) groups is 2. The first-order valence-electron chi connectivity index (χ1n) is 6.82. The van der Waals surface area contributed by atoms with Gasteiger partial charge in [0.1, 0.15) is 5.82 Å². The zero-order chi connectivity index (χ0) is 17.3. The van der Waals surface area contributed by atoms with E-state index >= 15 is 0 Å². The maximum Gasteiger partial charge on any atom is 0.267 e. The van der Waals surface area contributed by atoms with Crippen LogP contribution in [-0.4, -0.2) is 22.6 Å². The maximum absolute atomic E-state index is 13.7. The molecule has 9 heteroatoms. The quantitative estimate of drug-likeness (QED) is 0.661. The number of anilines is 1. The van der Waals surface area contributed by atoms with Crippen molar-refractivity contribution < 1.29 is 14.0 Å². The second kappa shape index (κ2) is 6.88. The van der Waals surface area contributed by atoms with Crippen LogP contribution in [0.25, 0.3) is 10.1 Å². The maximum atomic E-state index is 13.7. The molecular formula is C15H12FN3O2S3. The Morgan fingerprint density at radius 1 is 1.38 bits per heavy atom. The van der Waals surface area contributed by atoms with Crippen molar-refractivity contribution >= 4 is 61.5 Å². The minimum absolute atomic E-state index is 0.159. The molecule has 24 heavy (non-hydrogen) atoms. The molecule has 0 unspecified atom stereocenters. The predicted molar refractivity (Wildman–Crippen MR) is 96.5 cm³/mol. The third-order valence-corrected chi connectivity index (χ3v) is 6.61. The first-order chi connectivity index (χ1) is 11.4. The Hall–Kier alpha value is -1.97. The number of hydrogen-bond acceptors (Lipinski definition) is 6. The fraction of sp³-hybridized carbons (Fsp3) is 0.133. The Labute approximate surface area is 149 Å². The van der Waals surface area contributed by atoms with Crippen LogP contribution in [0.15, 0.2) is 28.5 Å². The molecule has 2 heterocycles. The van der Waals surface area contributed by atoms with Gasteiger partial charge in [0.25, 0.3) is 5.91 Å². The molecule has 3 rings (SSSR count). The molecular weight excluding hydrogens is 369 g/mol. The van der Waals surface area contributed by atoms with E-state index < -0.39 is 5.91 Å². The number of thiophene rings is 1. The molecule has 0 fully saturated rings. The first-order valence-corrected chi connectivity index (χ1v) is 9.44. The number of halogens is 1. The number of nitrogens with one attached hydrogen (secondary N) is 1. The Kier molecular flexibility index (Phi) is 4.83. The van der Waals surface area contributed by atoms with Crippen LogP contribution in [0.5, 0.6) is 0 Å². The SMILES string of the molecule is Cc1nc(NC(=O)c2cc3c(F)cccc3s2)sc1SCC(N)=O. The Balaban J connectivity index is 1.77. The van der Waals surface area contributed by atoms with Gasteiger partial charge in [-0.1, -0.05) is 17.4 Å². The summed E-state index contributed by atoms with van der Waals surface area (Å²) in [6.07, 6.45) is 0. The fourth-order valence-corrected chi connectivity index (χ4v) is 4.85. The minimum Gasteiger partial charge on any atom is -0.369 e. The van der Waals surface area contributed by atoms with E-state index in [-0.39, 0.29) is 17.5 Å². The van der Waals surface area contributed by atoms with Crippen LogP contribution < -0.4 is 11.1 Å². The van der Waals surface area contributed by atoms with Crippen LogP contribution in [0.1, 0.15) is 15.4 Å². The normalized spacial score (nSPS) is 10.9. The highest BCUT2D eigenvalue weighted by molar-refractivity contribution is 8.01. The van der Waals surface area contributed by atoms with Crippen molar-refractivity contribution in [1.29, 1.82) is 0 Å². The number of amides is 2. The van der Waals surface area contributed by atoms with Gasteiger partial charge in [-0.3, -0.25) is 14.9 Å². The van der Waals surface area contributed by atoms with E-state index in [0.29, 0.717) is 20.1 Å². The number of primary amides is 1. The number of aromatic nitrogens is 1. The first kappa shape index (κ1) is 16.9. The number of carbonyl (C=O) groups excluding carboxylic acids is 2. The van der Waals surface area contributed by atoms with Crippen LogP contribution in [-0.2, 0) is 4.79 Å². The average molecular weight is 381 g/mol. The number of rotatable bonds is 5. The summed E-state index contributed by atoms with van der Waals surface area (Å²) in [5.41, 5.74) is 5.85. The summed E-state index contributed by atoms with van der Waals surface area (Å²) >= 11 is 3.79. The molecule has 0 atom stereocenters. The molecule has 3 N–H and O–H groups in total. The predicted octanol–water partition coefficient (Wildman–Crippen LogP) is 3.64. The summed E-state index contributed by atoms with van der Waals surface area (Å²) in [6.45, 7) is 1.80. The number of nitrogens with two attached hydrogens (primary N) is 1. The molecule has 0 aliphatic carbocycles. The molecule has 2 amide bonds. The van der Waals surface area contributed by atoms with E-state index in [1.165, 1.54) is 46.6 Å². The molecule has 124 valence electrons. The molecule has 0 saturated heterocycles. The van der Waals surface area contributed by atoms with Gasteiger partial charge in [0, 0.05) is 10.1 Å². The second-order valence-electron chi connectivity index (χ2n) is 4.86. The van der Waals surface area contributed by atoms with Gasteiger partial charge in [0.2, 0.25) is 5.91 Å². The lowest BCUT2D eigenvalue weighted by atomic mass is 10.2. The highest BCUT2D eigenvalue weighted by atomic mass is 32.2. The van der Waals surface area contributed by atoms with Crippen LogP contribution in [0.3, 0.4) is 0 Å². The molecule has 0 aliphatic rings. The van der Waals surface area contributed by atoms with Gasteiger partial charge in [-0.25, -0.2) is 9.37 Å². The number of thiazole rings is 1. The second-order valence-corrected chi connectivity index (χ2v) is 8.19. The van der Waals surface area contributed by atoms with E-state index in [9.17, 15) is 14.0 Å². The Bertz CT molecular complexity index is 935. The average Bonchev–Trinajstić information content (AvgIpc) is 3.10. The third-order valence-electron chi connectivity index (χ3n) is 3.05. The number of nitrogens with zero attached hydrogens (tertiary/aromatic N) is 1. The van der Waals surface area contributed by atoms with Crippen molar-refractivity contribution in [2.75, 3.05) is 11.1 Å². The van der Waals surface area contributed by atoms with Gasteiger partial charge in [-0.05, 0) is 25.1 Å². The number of thioether (sulfide) groups is 1. The van der Waals surface area contributed by atoms with Crippen LogP contribution in [0, 0.1) is 12.7 Å². The van der Waals surface area contributed by atoms with E-state index in [1.54, 1.807) is 19.1 Å². The highest BCUT2D eigenvalue weighted by Gasteiger charge is 2.16. The smallest absolute Gasteiger partial charge is 0.267 e. The number of aryl methyl sites for hydroxylation is 1. The van der Waals surface area contributed by atoms with Crippen molar-refractivity contribution in [1.82, 2.24) is 4.98 Å². The van der Waals surface area contributed by atoms with Crippen LogP contribution >= 0.6 is 34.4 Å². The van der Waals surface area contributed by atoms with Gasteiger partial charge < -0.3 is 5.73 Å². The molecule has 0 radical (unpaired) electrons. The van der Waals surface area contributed by atoms with Gasteiger partial charge in [0.15, 0.2) is 5.13 Å². The van der Waals surface area contributed by atoms with E-state index in [0.717, 1.165) is 9.90 Å². The van der Waals surface area contributed by atoms with Crippen molar-refractivity contribution in [3.63, 3.8) is 0 Å². The summed E-state index contributed by atoms with van der Waals surface area (Å²) in [5.74, 6) is -0.939. The summed E-state index contributed by atoms with van der Waals surface area (Å²) in [6, 6.07) is 6.28. The molecule has 5 nitrogen and oxygen atoms in total. The molecule has 0 bridgehead atoms. The lowest BCUT2D eigenvalue weighted by Crippen LogP contribution is -2.12. The minimum atomic E-state index is -0.411.